The molecule has 2 rings (SSSR count). The van der Waals surface area contributed by atoms with Crippen molar-refractivity contribution in [3.8, 4) is 17.2 Å². The number of carbonyl (C=O) groups excluding carboxylic acids is 1. The van der Waals surface area contributed by atoms with E-state index in [2.05, 4.69) is 15.1 Å². The fraction of sp³-hybridized carbons (Fsp3) is 0.611. The lowest BCUT2D eigenvalue weighted by Crippen LogP contribution is -2.47. The molecule has 0 aliphatic carbocycles. The number of hydrogen-bond acceptors (Lipinski definition) is 6. The topological polar surface area (TPSA) is 63.3 Å². The number of carbonyl (C=O) groups is 1. The fourth-order valence-corrected chi connectivity index (χ4v) is 3.09. The third kappa shape index (κ3) is 5.24. The van der Waals surface area contributed by atoms with Crippen LogP contribution in [0.2, 0.25) is 0 Å². The molecule has 1 aromatic rings. The molecular formula is C18H29N3O4. The summed E-state index contributed by atoms with van der Waals surface area (Å²) < 4.78 is 16.4. The standard InChI is InChI=1S/C18H29N3O4/c1-14(22)19-7-8-20-9-11-21(12-10-20)13-15-5-6-16(23-2)18(25-4)17(15)24-3/h5-6H,7-13H2,1-4H3,(H,19,22). The third-order valence-electron chi connectivity index (χ3n) is 4.45. The molecule has 1 aliphatic heterocycles. The molecule has 1 N–H and O–H groups in total. The van der Waals surface area contributed by atoms with Crippen LogP contribution in [0.5, 0.6) is 17.2 Å². The van der Waals surface area contributed by atoms with E-state index in [9.17, 15) is 4.79 Å². The van der Waals surface area contributed by atoms with Gasteiger partial charge < -0.3 is 19.5 Å². The van der Waals surface area contributed by atoms with Crippen molar-refractivity contribution in [2.75, 3.05) is 60.6 Å². The lowest BCUT2D eigenvalue weighted by Gasteiger charge is -2.35. The summed E-state index contributed by atoms with van der Waals surface area (Å²) in [5.41, 5.74) is 1.09. The summed E-state index contributed by atoms with van der Waals surface area (Å²) in [7, 11) is 4.90. The van der Waals surface area contributed by atoms with Gasteiger partial charge in [0.05, 0.1) is 21.3 Å². The first-order valence-electron chi connectivity index (χ1n) is 8.56. The van der Waals surface area contributed by atoms with Gasteiger partial charge in [0.1, 0.15) is 0 Å². The highest BCUT2D eigenvalue weighted by Crippen LogP contribution is 2.40. The SMILES string of the molecule is COc1ccc(CN2CCN(CCNC(C)=O)CC2)c(OC)c1OC. The zero-order chi connectivity index (χ0) is 18.2. The molecule has 1 amide bonds. The summed E-state index contributed by atoms with van der Waals surface area (Å²) >= 11 is 0. The number of nitrogens with one attached hydrogen (secondary N) is 1. The van der Waals surface area contributed by atoms with E-state index in [-0.39, 0.29) is 5.91 Å². The lowest BCUT2D eigenvalue weighted by atomic mass is 10.1. The van der Waals surface area contributed by atoms with Crippen molar-refractivity contribution in [2.45, 2.75) is 13.5 Å². The van der Waals surface area contributed by atoms with Crippen molar-refractivity contribution in [3.05, 3.63) is 17.7 Å². The molecule has 25 heavy (non-hydrogen) atoms. The van der Waals surface area contributed by atoms with Gasteiger partial charge in [0.15, 0.2) is 11.5 Å². The Hall–Kier alpha value is -1.99. The van der Waals surface area contributed by atoms with E-state index in [4.69, 9.17) is 14.2 Å². The second-order valence-corrected chi connectivity index (χ2v) is 6.09. The van der Waals surface area contributed by atoms with E-state index in [0.29, 0.717) is 18.0 Å². The Morgan fingerprint density at radius 3 is 2.20 bits per heavy atom. The summed E-state index contributed by atoms with van der Waals surface area (Å²) in [6.07, 6.45) is 0. The molecule has 1 heterocycles. The van der Waals surface area contributed by atoms with Gasteiger partial charge in [0, 0.05) is 58.3 Å². The second kappa shape index (κ2) is 9.48. The third-order valence-corrected chi connectivity index (χ3v) is 4.45. The van der Waals surface area contributed by atoms with Crippen LogP contribution < -0.4 is 19.5 Å². The Kier molecular flexibility index (Phi) is 7.33. The second-order valence-electron chi connectivity index (χ2n) is 6.09. The van der Waals surface area contributed by atoms with E-state index in [1.54, 1.807) is 28.3 Å². The molecule has 1 aromatic carbocycles. The van der Waals surface area contributed by atoms with Gasteiger partial charge in [0.25, 0.3) is 0 Å². The minimum absolute atomic E-state index is 0.0270. The zero-order valence-electron chi connectivity index (χ0n) is 15.6. The maximum absolute atomic E-state index is 10.9. The number of methoxy groups -OCH3 is 3. The van der Waals surface area contributed by atoms with E-state index in [0.717, 1.165) is 50.6 Å². The van der Waals surface area contributed by atoms with Crippen molar-refractivity contribution in [1.29, 1.82) is 0 Å². The van der Waals surface area contributed by atoms with Gasteiger partial charge in [-0.3, -0.25) is 14.6 Å². The van der Waals surface area contributed by atoms with Crippen molar-refractivity contribution in [1.82, 2.24) is 15.1 Å². The van der Waals surface area contributed by atoms with Crippen LogP contribution >= 0.6 is 0 Å². The molecule has 1 aliphatic rings. The van der Waals surface area contributed by atoms with Crippen LogP contribution in [0.1, 0.15) is 12.5 Å². The summed E-state index contributed by atoms with van der Waals surface area (Å²) in [5, 5.41) is 2.85. The van der Waals surface area contributed by atoms with E-state index in [1.807, 2.05) is 12.1 Å². The Bertz CT molecular complexity index is 572. The molecule has 0 saturated carbocycles. The monoisotopic (exact) mass is 351 g/mol. The van der Waals surface area contributed by atoms with Crippen LogP contribution in [0, 0.1) is 0 Å². The van der Waals surface area contributed by atoms with Crippen LogP contribution in [0.3, 0.4) is 0 Å². The predicted octanol–water partition coefficient (Wildman–Crippen LogP) is 0.966. The summed E-state index contributed by atoms with van der Waals surface area (Å²) in [6.45, 7) is 7.92. The van der Waals surface area contributed by atoms with Crippen LogP contribution in [0.4, 0.5) is 0 Å². The van der Waals surface area contributed by atoms with E-state index in [1.165, 1.54) is 0 Å². The highest BCUT2D eigenvalue weighted by atomic mass is 16.5. The Morgan fingerprint density at radius 1 is 1.00 bits per heavy atom. The predicted molar refractivity (Wildman–Crippen MR) is 96.5 cm³/mol. The normalized spacial score (nSPS) is 15.7. The first-order chi connectivity index (χ1) is 12.1. The van der Waals surface area contributed by atoms with Gasteiger partial charge >= 0.3 is 0 Å². The first-order valence-corrected chi connectivity index (χ1v) is 8.56. The molecule has 0 atom stereocenters. The van der Waals surface area contributed by atoms with Gasteiger partial charge in [0.2, 0.25) is 11.7 Å². The Labute approximate surface area is 149 Å². The zero-order valence-corrected chi connectivity index (χ0v) is 15.6. The summed E-state index contributed by atoms with van der Waals surface area (Å²) in [6, 6.07) is 3.95. The molecule has 140 valence electrons. The molecule has 1 fully saturated rings. The number of amides is 1. The van der Waals surface area contributed by atoms with Gasteiger partial charge in [-0.1, -0.05) is 6.07 Å². The highest BCUT2D eigenvalue weighted by molar-refractivity contribution is 5.72. The molecule has 0 spiro atoms. The number of piperazine rings is 1. The summed E-state index contributed by atoms with van der Waals surface area (Å²) in [5.74, 6) is 2.07. The van der Waals surface area contributed by atoms with Gasteiger partial charge in [-0.05, 0) is 6.07 Å². The number of nitrogens with zero attached hydrogens (tertiary/aromatic N) is 2. The van der Waals surface area contributed by atoms with Gasteiger partial charge in [-0.15, -0.1) is 0 Å². The van der Waals surface area contributed by atoms with E-state index >= 15 is 0 Å². The average Bonchev–Trinajstić information content (AvgIpc) is 2.62. The molecule has 0 bridgehead atoms. The van der Waals surface area contributed by atoms with Crippen molar-refractivity contribution in [3.63, 3.8) is 0 Å². The average molecular weight is 351 g/mol. The molecular weight excluding hydrogens is 322 g/mol. The fourth-order valence-electron chi connectivity index (χ4n) is 3.09. The van der Waals surface area contributed by atoms with Crippen LogP contribution in [0.25, 0.3) is 0 Å². The number of benzene rings is 1. The van der Waals surface area contributed by atoms with Crippen molar-refractivity contribution < 1.29 is 19.0 Å². The molecule has 0 radical (unpaired) electrons. The number of ether oxygens (including phenoxy) is 3. The number of hydrogen-bond donors (Lipinski definition) is 1. The van der Waals surface area contributed by atoms with E-state index < -0.39 is 0 Å². The smallest absolute Gasteiger partial charge is 0.216 e. The van der Waals surface area contributed by atoms with Gasteiger partial charge in [-0.2, -0.15) is 0 Å². The number of rotatable bonds is 8. The van der Waals surface area contributed by atoms with Crippen LogP contribution in [-0.4, -0.2) is 76.3 Å². The molecule has 0 unspecified atom stereocenters. The maximum Gasteiger partial charge on any atom is 0.216 e. The van der Waals surface area contributed by atoms with Crippen LogP contribution in [-0.2, 0) is 11.3 Å². The minimum Gasteiger partial charge on any atom is -0.493 e. The Balaban J connectivity index is 1.92. The highest BCUT2D eigenvalue weighted by Gasteiger charge is 2.21. The first kappa shape index (κ1) is 19.3. The molecule has 1 saturated heterocycles. The lowest BCUT2D eigenvalue weighted by molar-refractivity contribution is -0.119. The molecule has 7 nitrogen and oxygen atoms in total. The van der Waals surface area contributed by atoms with Crippen LogP contribution in [0.15, 0.2) is 12.1 Å². The largest absolute Gasteiger partial charge is 0.493 e. The van der Waals surface area contributed by atoms with Crippen molar-refractivity contribution >= 4 is 5.91 Å². The van der Waals surface area contributed by atoms with Gasteiger partial charge in [-0.25, -0.2) is 0 Å². The minimum atomic E-state index is 0.0270. The van der Waals surface area contributed by atoms with Crippen molar-refractivity contribution in [2.24, 2.45) is 0 Å². The maximum atomic E-state index is 10.9. The molecule has 0 aromatic heterocycles. The quantitative estimate of drug-likeness (QED) is 0.753. The Morgan fingerprint density at radius 2 is 1.64 bits per heavy atom. The summed E-state index contributed by atoms with van der Waals surface area (Å²) in [4.78, 5) is 15.7. The molecule has 7 heteroatoms.